The lowest BCUT2D eigenvalue weighted by Crippen LogP contribution is -2.05. The first kappa shape index (κ1) is 9.52. The lowest BCUT2D eigenvalue weighted by atomic mass is 10.1. The molecule has 0 heterocycles. The fourth-order valence-electron chi connectivity index (χ4n) is 0.902. The number of aliphatic carboxylic acids is 1. The zero-order valence-electron chi connectivity index (χ0n) is 7.47. The molecule has 1 atom stereocenters. The van der Waals surface area contributed by atoms with Gasteiger partial charge < -0.3 is 5.11 Å². The van der Waals surface area contributed by atoms with Crippen molar-refractivity contribution in [1.29, 1.82) is 0 Å². The number of carboxylic acid groups (broad SMARTS) is 1. The Bertz CT molecular complexity index is 301. The maximum Gasteiger partial charge on any atom is 0.310 e. The second kappa shape index (κ2) is 4.45. The van der Waals surface area contributed by atoms with Crippen molar-refractivity contribution in [1.82, 2.24) is 0 Å². The summed E-state index contributed by atoms with van der Waals surface area (Å²) in [7, 11) is 0. The Balaban J connectivity index is 2.64. The fraction of sp³-hybridized carbons (Fsp3) is 0.182. The predicted octanol–water partition coefficient (Wildman–Crippen LogP) is 2.42. The summed E-state index contributed by atoms with van der Waals surface area (Å²) >= 11 is 0. The Hall–Kier alpha value is -1.57. The average Bonchev–Trinajstić information content (AvgIpc) is 2.15. The van der Waals surface area contributed by atoms with Crippen LogP contribution in [0.15, 0.2) is 36.4 Å². The minimum absolute atomic E-state index is 0.430. The number of rotatable bonds is 3. The Morgan fingerprint density at radius 1 is 1.38 bits per heavy atom. The molecule has 1 unspecified atom stereocenters. The Morgan fingerprint density at radius 2 is 2.00 bits per heavy atom. The minimum atomic E-state index is -0.799. The molecule has 0 aromatic heterocycles. The zero-order chi connectivity index (χ0) is 9.68. The summed E-state index contributed by atoms with van der Waals surface area (Å²) in [4.78, 5) is 10.5. The van der Waals surface area contributed by atoms with E-state index in [0.717, 1.165) is 5.56 Å². The molecule has 0 spiro atoms. The SMILES string of the molecule is CC(/C=C/c1ccccc1)C(=O)O. The average molecular weight is 176 g/mol. The molecule has 0 radical (unpaired) electrons. The third-order valence-electron chi connectivity index (χ3n) is 1.77. The van der Waals surface area contributed by atoms with Crippen LogP contribution in [0, 0.1) is 5.92 Å². The summed E-state index contributed by atoms with van der Waals surface area (Å²) in [6.07, 6.45) is 3.50. The summed E-state index contributed by atoms with van der Waals surface area (Å²) in [5.41, 5.74) is 1.02. The van der Waals surface area contributed by atoms with Crippen LogP contribution in [0.1, 0.15) is 12.5 Å². The summed E-state index contributed by atoms with van der Waals surface area (Å²) in [6.45, 7) is 1.65. The molecule has 0 aliphatic carbocycles. The van der Waals surface area contributed by atoms with Crippen molar-refractivity contribution in [3.8, 4) is 0 Å². The molecular formula is C11H12O2. The van der Waals surface area contributed by atoms with Gasteiger partial charge in [0.05, 0.1) is 5.92 Å². The molecule has 0 aliphatic heterocycles. The second-order valence-corrected chi connectivity index (χ2v) is 2.90. The predicted molar refractivity (Wildman–Crippen MR) is 52.3 cm³/mol. The van der Waals surface area contributed by atoms with Crippen molar-refractivity contribution in [2.75, 3.05) is 0 Å². The van der Waals surface area contributed by atoms with Crippen LogP contribution < -0.4 is 0 Å². The summed E-state index contributed by atoms with van der Waals surface area (Å²) in [6, 6.07) is 9.64. The molecule has 0 fully saturated rings. The van der Waals surface area contributed by atoms with Gasteiger partial charge in [-0.1, -0.05) is 42.5 Å². The molecule has 0 bridgehead atoms. The van der Waals surface area contributed by atoms with Gasteiger partial charge in [0.25, 0.3) is 0 Å². The third-order valence-corrected chi connectivity index (χ3v) is 1.77. The Morgan fingerprint density at radius 3 is 2.54 bits per heavy atom. The van der Waals surface area contributed by atoms with E-state index in [1.807, 2.05) is 36.4 Å². The molecule has 1 aromatic rings. The van der Waals surface area contributed by atoms with Crippen LogP contribution in [0.4, 0.5) is 0 Å². The number of carboxylic acids is 1. The van der Waals surface area contributed by atoms with Crippen LogP contribution in [-0.4, -0.2) is 11.1 Å². The van der Waals surface area contributed by atoms with E-state index in [2.05, 4.69) is 0 Å². The number of hydrogen-bond acceptors (Lipinski definition) is 1. The van der Waals surface area contributed by atoms with Crippen molar-refractivity contribution in [3.63, 3.8) is 0 Å². The monoisotopic (exact) mass is 176 g/mol. The Labute approximate surface area is 77.5 Å². The van der Waals surface area contributed by atoms with Crippen molar-refractivity contribution >= 4 is 12.0 Å². The van der Waals surface area contributed by atoms with E-state index in [4.69, 9.17) is 5.11 Å². The largest absolute Gasteiger partial charge is 0.481 e. The first-order valence-corrected chi connectivity index (χ1v) is 4.16. The summed E-state index contributed by atoms with van der Waals surface area (Å²) in [5.74, 6) is -1.23. The van der Waals surface area contributed by atoms with Gasteiger partial charge >= 0.3 is 5.97 Å². The van der Waals surface area contributed by atoms with Crippen LogP contribution in [0.2, 0.25) is 0 Å². The van der Waals surface area contributed by atoms with Gasteiger partial charge in [-0.3, -0.25) is 4.79 Å². The van der Waals surface area contributed by atoms with E-state index < -0.39 is 11.9 Å². The minimum Gasteiger partial charge on any atom is -0.481 e. The van der Waals surface area contributed by atoms with E-state index >= 15 is 0 Å². The molecule has 0 saturated heterocycles. The smallest absolute Gasteiger partial charge is 0.310 e. The molecule has 13 heavy (non-hydrogen) atoms. The lowest BCUT2D eigenvalue weighted by molar-refractivity contribution is -0.139. The maximum absolute atomic E-state index is 10.5. The second-order valence-electron chi connectivity index (χ2n) is 2.90. The molecule has 2 nitrogen and oxygen atoms in total. The van der Waals surface area contributed by atoms with Gasteiger partial charge in [0.1, 0.15) is 0 Å². The lowest BCUT2D eigenvalue weighted by Gasteiger charge is -1.97. The highest BCUT2D eigenvalue weighted by atomic mass is 16.4. The highest BCUT2D eigenvalue weighted by Crippen LogP contribution is 2.05. The van der Waals surface area contributed by atoms with Gasteiger partial charge in [-0.2, -0.15) is 0 Å². The molecule has 1 aromatic carbocycles. The van der Waals surface area contributed by atoms with Crippen molar-refractivity contribution in [2.24, 2.45) is 5.92 Å². The molecule has 68 valence electrons. The number of carbonyl (C=O) groups is 1. The zero-order valence-corrected chi connectivity index (χ0v) is 7.47. The summed E-state index contributed by atoms with van der Waals surface area (Å²) in [5, 5.41) is 8.61. The van der Waals surface area contributed by atoms with Gasteiger partial charge in [-0.15, -0.1) is 0 Å². The van der Waals surface area contributed by atoms with Gasteiger partial charge in [-0.25, -0.2) is 0 Å². The van der Waals surface area contributed by atoms with Crippen LogP contribution in [0.25, 0.3) is 6.08 Å². The van der Waals surface area contributed by atoms with E-state index in [1.54, 1.807) is 13.0 Å². The fourth-order valence-corrected chi connectivity index (χ4v) is 0.902. The number of benzene rings is 1. The normalized spacial score (nSPS) is 13.0. The standard InChI is InChI=1S/C11H12O2/c1-9(11(12)13)7-8-10-5-3-2-4-6-10/h2-9H,1H3,(H,12,13)/b8-7+. The van der Waals surface area contributed by atoms with Gasteiger partial charge in [-0.05, 0) is 12.5 Å². The third kappa shape index (κ3) is 3.11. The van der Waals surface area contributed by atoms with E-state index in [0.29, 0.717) is 0 Å². The van der Waals surface area contributed by atoms with Crippen molar-refractivity contribution < 1.29 is 9.90 Å². The van der Waals surface area contributed by atoms with E-state index in [9.17, 15) is 4.79 Å². The van der Waals surface area contributed by atoms with E-state index in [1.165, 1.54) is 0 Å². The molecule has 0 amide bonds. The van der Waals surface area contributed by atoms with Gasteiger partial charge in [0.15, 0.2) is 0 Å². The molecular weight excluding hydrogens is 164 g/mol. The maximum atomic E-state index is 10.5. The molecule has 1 rings (SSSR count). The van der Waals surface area contributed by atoms with Crippen LogP contribution >= 0.6 is 0 Å². The highest BCUT2D eigenvalue weighted by molar-refractivity contribution is 5.73. The van der Waals surface area contributed by atoms with Crippen LogP contribution in [0.3, 0.4) is 0 Å². The number of hydrogen-bond donors (Lipinski definition) is 1. The van der Waals surface area contributed by atoms with Crippen LogP contribution in [0.5, 0.6) is 0 Å². The molecule has 0 aliphatic rings. The molecule has 1 N–H and O–H groups in total. The van der Waals surface area contributed by atoms with Crippen molar-refractivity contribution in [3.05, 3.63) is 42.0 Å². The Kier molecular flexibility index (Phi) is 3.26. The summed E-state index contributed by atoms with van der Waals surface area (Å²) < 4.78 is 0. The first-order valence-electron chi connectivity index (χ1n) is 4.16. The van der Waals surface area contributed by atoms with Crippen LogP contribution in [-0.2, 0) is 4.79 Å². The topological polar surface area (TPSA) is 37.3 Å². The first-order chi connectivity index (χ1) is 6.20. The van der Waals surface area contributed by atoms with Gasteiger partial charge in [0, 0.05) is 0 Å². The molecule has 2 heteroatoms. The molecule has 0 saturated carbocycles. The van der Waals surface area contributed by atoms with E-state index in [-0.39, 0.29) is 0 Å². The van der Waals surface area contributed by atoms with Crippen molar-refractivity contribution in [2.45, 2.75) is 6.92 Å². The van der Waals surface area contributed by atoms with Gasteiger partial charge in [0.2, 0.25) is 0 Å². The quantitative estimate of drug-likeness (QED) is 0.767. The highest BCUT2D eigenvalue weighted by Gasteiger charge is 2.04.